The monoisotopic (exact) mass is 324 g/mol. The predicted molar refractivity (Wildman–Crippen MR) is 86.0 cm³/mol. The predicted octanol–water partition coefficient (Wildman–Crippen LogP) is 2.27. The maximum Gasteiger partial charge on any atom is 0.407 e. The minimum atomic E-state index is -0.504. The van der Waals surface area contributed by atoms with Crippen LogP contribution in [0, 0.1) is 0 Å². The summed E-state index contributed by atoms with van der Waals surface area (Å²) in [7, 11) is 1.57. The Hall–Kier alpha value is -2.31. The fraction of sp³-hybridized carbons (Fsp3) is 0.562. The molecule has 0 aliphatic rings. The zero-order valence-corrected chi connectivity index (χ0v) is 14.7. The molecule has 7 heteroatoms. The molecule has 1 N–H and O–H groups in total. The van der Waals surface area contributed by atoms with Gasteiger partial charge in [0.05, 0.1) is 6.07 Å². The lowest BCUT2D eigenvalue weighted by Crippen LogP contribution is -2.39. The first-order valence-corrected chi connectivity index (χ1v) is 7.69. The van der Waals surface area contributed by atoms with E-state index in [9.17, 15) is 4.79 Å². The Bertz CT molecular complexity index is 632. The molecule has 0 spiro atoms. The molecule has 0 saturated heterocycles. The second-order valence-corrected chi connectivity index (χ2v) is 5.52. The van der Waals surface area contributed by atoms with Gasteiger partial charge >= 0.3 is 6.09 Å². The maximum absolute atomic E-state index is 11.5. The molecule has 0 fully saturated rings. The number of alkyl carbamates (subject to hydrolysis) is 1. The van der Waals surface area contributed by atoms with Crippen molar-refractivity contribution >= 4 is 17.2 Å². The summed E-state index contributed by atoms with van der Waals surface area (Å²) < 4.78 is 12.3. The molecule has 0 unspecified atom stereocenters. The van der Waals surface area contributed by atoms with Crippen molar-refractivity contribution in [1.29, 1.82) is 0 Å². The molecule has 128 valence electrons. The summed E-state index contributed by atoms with van der Waals surface area (Å²) in [6, 6.07) is 1.77. The number of fused-ring (bicyclic) bond motifs is 1. The van der Waals surface area contributed by atoms with Crippen LogP contribution >= 0.6 is 0 Å². The van der Waals surface area contributed by atoms with Gasteiger partial charge in [-0.1, -0.05) is 13.8 Å². The van der Waals surface area contributed by atoms with E-state index in [4.69, 9.17) is 14.0 Å². The van der Waals surface area contributed by atoms with Crippen molar-refractivity contribution in [1.82, 2.24) is 10.3 Å². The molecular weight excluding hydrogens is 298 g/mol. The van der Waals surface area contributed by atoms with Gasteiger partial charge in [0.15, 0.2) is 17.0 Å². The molecule has 2 aromatic heterocycles. The van der Waals surface area contributed by atoms with E-state index in [0.29, 0.717) is 30.0 Å². The van der Waals surface area contributed by atoms with Crippen LogP contribution in [-0.4, -0.2) is 30.3 Å². The summed E-state index contributed by atoms with van der Waals surface area (Å²) in [5.41, 5.74) is 0.873. The fourth-order valence-corrected chi connectivity index (χ4v) is 1.71. The smallest absolute Gasteiger partial charge is 0.407 e. The molecule has 2 aromatic rings. The van der Waals surface area contributed by atoms with Crippen LogP contribution in [0.1, 0.15) is 40.5 Å². The quantitative estimate of drug-likeness (QED) is 0.873. The number of hydrogen-bond donors (Lipinski definition) is 1. The molecule has 0 aliphatic carbocycles. The number of amides is 1. The maximum atomic E-state index is 11.5. The standard InChI is InChI=1S/C14H19N3O4.C2H6/c1-14(2,3)21-13(18)15-7-5-12-16-10-9-17(19-4)8-6-11(10)20-12;1-2/h6,8-9H,5,7H2,1-4H3;1-2H3/p+1. The molecule has 0 radical (unpaired) electrons. The van der Waals surface area contributed by atoms with Crippen LogP contribution in [-0.2, 0) is 11.2 Å². The number of carbonyl (C=O) groups excluding carboxylic acids is 1. The molecule has 0 aromatic carbocycles. The summed E-state index contributed by atoms with van der Waals surface area (Å²) in [5.74, 6) is 0.551. The van der Waals surface area contributed by atoms with Crippen LogP contribution < -0.4 is 14.9 Å². The molecule has 1 amide bonds. The second kappa shape index (κ2) is 8.36. The molecule has 0 bridgehead atoms. The van der Waals surface area contributed by atoms with Crippen molar-refractivity contribution < 1.29 is 23.5 Å². The van der Waals surface area contributed by atoms with E-state index in [-0.39, 0.29) is 0 Å². The summed E-state index contributed by atoms with van der Waals surface area (Å²) >= 11 is 0. The molecule has 23 heavy (non-hydrogen) atoms. The van der Waals surface area contributed by atoms with Gasteiger partial charge in [-0.3, -0.25) is 4.84 Å². The van der Waals surface area contributed by atoms with Crippen molar-refractivity contribution in [2.24, 2.45) is 0 Å². The number of nitrogens with one attached hydrogen (secondary N) is 1. The van der Waals surface area contributed by atoms with Gasteiger partial charge in [-0.15, -0.1) is 0 Å². The van der Waals surface area contributed by atoms with Gasteiger partial charge in [0.1, 0.15) is 12.7 Å². The Morgan fingerprint density at radius 2 is 2.09 bits per heavy atom. The molecule has 2 rings (SSSR count). The Balaban J connectivity index is 0.00000127. The highest BCUT2D eigenvalue weighted by molar-refractivity contribution is 5.70. The van der Waals surface area contributed by atoms with Gasteiger partial charge < -0.3 is 14.5 Å². The molecule has 0 aliphatic heterocycles. The molecule has 0 atom stereocenters. The number of nitrogens with zero attached hydrogens (tertiary/aromatic N) is 2. The lowest BCUT2D eigenvalue weighted by Gasteiger charge is -2.19. The number of aromatic nitrogens is 2. The fourth-order valence-electron chi connectivity index (χ4n) is 1.71. The zero-order valence-electron chi connectivity index (χ0n) is 14.7. The van der Waals surface area contributed by atoms with Gasteiger partial charge in [0.2, 0.25) is 6.20 Å². The minimum absolute atomic E-state index is 0.395. The van der Waals surface area contributed by atoms with E-state index in [1.54, 1.807) is 25.6 Å². The third kappa shape index (κ3) is 6.14. The number of ether oxygens (including phenoxy) is 1. The van der Waals surface area contributed by atoms with Crippen LogP contribution in [0.5, 0.6) is 0 Å². The highest BCUT2D eigenvalue weighted by Gasteiger charge is 2.16. The van der Waals surface area contributed by atoms with E-state index in [0.717, 1.165) is 0 Å². The van der Waals surface area contributed by atoms with Gasteiger partial charge in [-0.25, -0.2) is 9.78 Å². The summed E-state index contributed by atoms with van der Waals surface area (Å²) in [5, 5.41) is 2.66. The van der Waals surface area contributed by atoms with E-state index >= 15 is 0 Å². The summed E-state index contributed by atoms with van der Waals surface area (Å²) in [6.07, 6.45) is 3.50. The molecule has 0 saturated carbocycles. The first kappa shape index (κ1) is 18.7. The van der Waals surface area contributed by atoms with E-state index < -0.39 is 11.7 Å². The first-order valence-electron chi connectivity index (χ1n) is 7.69. The van der Waals surface area contributed by atoms with Crippen LogP contribution in [0.4, 0.5) is 4.79 Å². The summed E-state index contributed by atoms with van der Waals surface area (Å²) in [6.45, 7) is 9.85. The number of hydrogen-bond acceptors (Lipinski definition) is 5. The van der Waals surface area contributed by atoms with Crippen molar-refractivity contribution in [3.8, 4) is 0 Å². The van der Waals surface area contributed by atoms with Crippen LogP contribution in [0.25, 0.3) is 11.1 Å². The largest absolute Gasteiger partial charge is 0.444 e. The van der Waals surface area contributed by atoms with Gasteiger partial charge in [-0.2, -0.15) is 0 Å². The number of oxazole rings is 1. The first-order chi connectivity index (χ1) is 10.9. The van der Waals surface area contributed by atoms with Crippen LogP contribution in [0.2, 0.25) is 0 Å². The van der Waals surface area contributed by atoms with Crippen molar-refractivity contribution in [3.63, 3.8) is 0 Å². The topological polar surface area (TPSA) is 77.5 Å². The normalized spacial score (nSPS) is 10.7. The highest BCUT2D eigenvalue weighted by Crippen LogP contribution is 2.13. The Morgan fingerprint density at radius 1 is 1.39 bits per heavy atom. The molecule has 7 nitrogen and oxygen atoms in total. The Morgan fingerprint density at radius 3 is 2.70 bits per heavy atom. The van der Waals surface area contributed by atoms with Gasteiger partial charge in [0, 0.05) is 17.7 Å². The average Bonchev–Trinajstić information content (AvgIpc) is 2.89. The lowest BCUT2D eigenvalue weighted by molar-refractivity contribution is -0.884. The Labute approximate surface area is 136 Å². The van der Waals surface area contributed by atoms with Crippen molar-refractivity contribution in [3.05, 3.63) is 24.4 Å². The number of carbonyl (C=O) groups is 1. The minimum Gasteiger partial charge on any atom is -0.444 e. The van der Waals surface area contributed by atoms with Crippen molar-refractivity contribution in [2.75, 3.05) is 13.7 Å². The number of rotatable bonds is 4. The van der Waals surface area contributed by atoms with E-state index in [1.807, 2.05) is 34.6 Å². The Kier molecular flexibility index (Phi) is 6.81. The van der Waals surface area contributed by atoms with E-state index in [2.05, 4.69) is 10.3 Å². The number of pyridine rings is 1. The third-order valence-corrected chi connectivity index (χ3v) is 2.57. The van der Waals surface area contributed by atoms with Crippen LogP contribution in [0.15, 0.2) is 22.9 Å². The van der Waals surface area contributed by atoms with Gasteiger partial charge in [0.25, 0.3) is 6.20 Å². The highest BCUT2D eigenvalue weighted by atomic mass is 16.6. The van der Waals surface area contributed by atoms with E-state index in [1.165, 1.54) is 4.73 Å². The zero-order chi connectivity index (χ0) is 17.5. The molecule has 2 heterocycles. The lowest BCUT2D eigenvalue weighted by atomic mass is 10.2. The van der Waals surface area contributed by atoms with Gasteiger partial charge in [-0.05, 0) is 20.8 Å². The second-order valence-electron chi connectivity index (χ2n) is 5.52. The summed E-state index contributed by atoms with van der Waals surface area (Å²) in [4.78, 5) is 20.9. The van der Waals surface area contributed by atoms with Crippen LogP contribution in [0.3, 0.4) is 0 Å². The molecular formula is C16H26N3O4+. The third-order valence-electron chi connectivity index (χ3n) is 2.57. The average molecular weight is 324 g/mol. The SMILES string of the molecule is CC.CO[n+]1ccc2oc(CCNC(=O)OC(C)(C)C)nc2c1. The van der Waals surface area contributed by atoms with Crippen molar-refractivity contribution in [2.45, 2.75) is 46.6 Å².